The van der Waals surface area contributed by atoms with E-state index in [1.54, 1.807) is 6.33 Å². The predicted molar refractivity (Wildman–Crippen MR) is 73.1 cm³/mol. The van der Waals surface area contributed by atoms with Gasteiger partial charge in [-0.05, 0) is 25.7 Å². The van der Waals surface area contributed by atoms with E-state index in [-0.39, 0.29) is 12.0 Å². The monoisotopic (exact) mass is 263 g/mol. The fraction of sp³-hybridized carbons (Fsp3) is 0.643. The van der Waals surface area contributed by atoms with Gasteiger partial charge in [0.15, 0.2) is 0 Å². The lowest BCUT2D eigenvalue weighted by Crippen LogP contribution is -2.38. The van der Waals surface area contributed by atoms with E-state index in [1.165, 1.54) is 0 Å². The van der Waals surface area contributed by atoms with Gasteiger partial charge in [-0.1, -0.05) is 13.8 Å². The molecule has 0 spiro atoms. The van der Waals surface area contributed by atoms with Crippen molar-refractivity contribution < 1.29 is 9.53 Å². The van der Waals surface area contributed by atoms with E-state index in [2.05, 4.69) is 23.8 Å². The van der Waals surface area contributed by atoms with E-state index in [0.717, 1.165) is 30.9 Å². The summed E-state index contributed by atoms with van der Waals surface area (Å²) in [7, 11) is 0. The van der Waals surface area contributed by atoms with Crippen molar-refractivity contribution in [2.45, 2.75) is 45.6 Å². The fourth-order valence-corrected chi connectivity index (χ4v) is 2.36. The minimum absolute atomic E-state index is 0.148. The molecule has 1 fully saturated rings. The quantitative estimate of drug-likeness (QED) is 0.779. The Bertz CT molecular complexity index is 448. The van der Waals surface area contributed by atoms with Crippen LogP contribution < -0.4 is 4.90 Å². The van der Waals surface area contributed by atoms with Crippen LogP contribution in [-0.4, -0.2) is 35.1 Å². The molecule has 1 aromatic rings. The molecule has 0 aliphatic carbocycles. The molecular weight excluding hydrogens is 242 g/mol. The number of aromatic nitrogens is 2. The van der Waals surface area contributed by atoms with Crippen LogP contribution in [0.3, 0.4) is 0 Å². The molecule has 1 unspecified atom stereocenters. The van der Waals surface area contributed by atoms with Crippen molar-refractivity contribution in [2.24, 2.45) is 0 Å². The molecule has 5 nitrogen and oxygen atoms in total. The highest BCUT2D eigenvalue weighted by Gasteiger charge is 2.32. The second-order valence-corrected chi connectivity index (χ2v) is 5.06. The van der Waals surface area contributed by atoms with E-state index in [4.69, 9.17) is 4.74 Å². The third-order valence-corrected chi connectivity index (χ3v) is 3.37. The van der Waals surface area contributed by atoms with Crippen LogP contribution in [0, 0.1) is 0 Å². The van der Waals surface area contributed by atoms with E-state index >= 15 is 0 Å². The lowest BCUT2D eigenvalue weighted by molar-refractivity contribution is -0.144. The van der Waals surface area contributed by atoms with Gasteiger partial charge in [0.05, 0.1) is 6.61 Å². The van der Waals surface area contributed by atoms with Gasteiger partial charge >= 0.3 is 5.97 Å². The van der Waals surface area contributed by atoms with Crippen molar-refractivity contribution in [3.05, 3.63) is 18.1 Å². The molecule has 0 amide bonds. The van der Waals surface area contributed by atoms with Crippen LogP contribution in [0.1, 0.15) is 45.2 Å². The molecule has 2 rings (SSSR count). The third kappa shape index (κ3) is 3.03. The molecule has 0 bridgehead atoms. The SMILES string of the molecule is CCOC(=O)C1CCCN1c1cc(C(C)C)ncn1. The summed E-state index contributed by atoms with van der Waals surface area (Å²) < 4.78 is 5.13. The smallest absolute Gasteiger partial charge is 0.328 e. The maximum Gasteiger partial charge on any atom is 0.328 e. The normalized spacial score (nSPS) is 18.9. The summed E-state index contributed by atoms with van der Waals surface area (Å²) >= 11 is 0. The van der Waals surface area contributed by atoms with Crippen molar-refractivity contribution in [3.8, 4) is 0 Å². The number of esters is 1. The van der Waals surface area contributed by atoms with Crippen LogP contribution in [0.25, 0.3) is 0 Å². The number of carbonyl (C=O) groups is 1. The number of hydrogen-bond donors (Lipinski definition) is 0. The molecular formula is C14H21N3O2. The maximum atomic E-state index is 11.9. The molecule has 104 valence electrons. The van der Waals surface area contributed by atoms with Gasteiger partial charge in [0.25, 0.3) is 0 Å². The highest BCUT2D eigenvalue weighted by Crippen LogP contribution is 2.26. The molecule has 0 N–H and O–H groups in total. The lowest BCUT2D eigenvalue weighted by Gasteiger charge is -2.24. The van der Waals surface area contributed by atoms with Crippen molar-refractivity contribution >= 4 is 11.8 Å². The van der Waals surface area contributed by atoms with Crippen LogP contribution in [0.15, 0.2) is 12.4 Å². The second-order valence-electron chi connectivity index (χ2n) is 5.06. The minimum Gasteiger partial charge on any atom is -0.464 e. The van der Waals surface area contributed by atoms with Crippen molar-refractivity contribution in [1.82, 2.24) is 9.97 Å². The van der Waals surface area contributed by atoms with Gasteiger partial charge in [0.2, 0.25) is 0 Å². The van der Waals surface area contributed by atoms with E-state index in [0.29, 0.717) is 12.5 Å². The van der Waals surface area contributed by atoms with E-state index < -0.39 is 0 Å². The molecule has 1 aliphatic heterocycles. The summed E-state index contributed by atoms with van der Waals surface area (Å²) in [6, 6.07) is 1.78. The summed E-state index contributed by atoms with van der Waals surface area (Å²) in [4.78, 5) is 22.5. The summed E-state index contributed by atoms with van der Waals surface area (Å²) in [6.07, 6.45) is 3.40. The predicted octanol–water partition coefficient (Wildman–Crippen LogP) is 2.13. The van der Waals surface area contributed by atoms with Crippen LogP contribution in [0.4, 0.5) is 5.82 Å². The van der Waals surface area contributed by atoms with Crippen LogP contribution in [-0.2, 0) is 9.53 Å². The first-order valence-corrected chi connectivity index (χ1v) is 6.88. The summed E-state index contributed by atoms with van der Waals surface area (Å²) in [5, 5.41) is 0. The molecule has 0 radical (unpaired) electrons. The standard InChI is InChI=1S/C14H21N3O2/c1-4-19-14(18)12-6-5-7-17(12)13-8-11(10(2)3)15-9-16-13/h8-10,12H,4-7H2,1-3H3. The van der Waals surface area contributed by atoms with Gasteiger partial charge in [0.1, 0.15) is 18.2 Å². The largest absolute Gasteiger partial charge is 0.464 e. The number of nitrogens with zero attached hydrogens (tertiary/aromatic N) is 3. The zero-order chi connectivity index (χ0) is 13.8. The van der Waals surface area contributed by atoms with Gasteiger partial charge in [0, 0.05) is 18.3 Å². The topological polar surface area (TPSA) is 55.3 Å². The van der Waals surface area contributed by atoms with E-state index in [9.17, 15) is 4.79 Å². The van der Waals surface area contributed by atoms with Gasteiger partial charge < -0.3 is 9.64 Å². The Morgan fingerprint density at radius 1 is 1.53 bits per heavy atom. The Morgan fingerprint density at radius 2 is 2.32 bits per heavy atom. The molecule has 1 saturated heterocycles. The maximum absolute atomic E-state index is 11.9. The first kappa shape index (κ1) is 13.8. The molecule has 0 saturated carbocycles. The summed E-state index contributed by atoms with van der Waals surface area (Å²) in [6.45, 7) is 7.29. The molecule has 1 aliphatic rings. The lowest BCUT2D eigenvalue weighted by atomic mass is 10.1. The Labute approximate surface area is 114 Å². The van der Waals surface area contributed by atoms with Gasteiger partial charge in [-0.15, -0.1) is 0 Å². The number of ether oxygens (including phenoxy) is 1. The Morgan fingerprint density at radius 3 is 3.00 bits per heavy atom. The number of carbonyl (C=O) groups excluding carboxylic acids is 1. The van der Waals surface area contributed by atoms with Gasteiger partial charge in [-0.25, -0.2) is 14.8 Å². The highest BCUT2D eigenvalue weighted by molar-refractivity contribution is 5.80. The van der Waals surface area contributed by atoms with Gasteiger partial charge in [-0.3, -0.25) is 0 Å². The zero-order valence-electron chi connectivity index (χ0n) is 11.8. The van der Waals surface area contributed by atoms with Crippen molar-refractivity contribution in [1.29, 1.82) is 0 Å². The molecule has 1 atom stereocenters. The molecule has 5 heteroatoms. The van der Waals surface area contributed by atoms with E-state index in [1.807, 2.05) is 17.9 Å². The Balaban J connectivity index is 2.20. The zero-order valence-corrected chi connectivity index (χ0v) is 11.8. The average molecular weight is 263 g/mol. The van der Waals surface area contributed by atoms with Crippen molar-refractivity contribution in [2.75, 3.05) is 18.1 Å². The summed E-state index contributed by atoms with van der Waals surface area (Å²) in [5.74, 6) is 1.03. The summed E-state index contributed by atoms with van der Waals surface area (Å²) in [5.41, 5.74) is 1.000. The number of anilines is 1. The molecule has 19 heavy (non-hydrogen) atoms. The first-order valence-electron chi connectivity index (χ1n) is 6.88. The van der Waals surface area contributed by atoms with Crippen LogP contribution >= 0.6 is 0 Å². The minimum atomic E-state index is -0.199. The molecule has 1 aromatic heterocycles. The number of rotatable bonds is 4. The number of hydrogen-bond acceptors (Lipinski definition) is 5. The first-order chi connectivity index (χ1) is 9.13. The van der Waals surface area contributed by atoms with Crippen LogP contribution in [0.2, 0.25) is 0 Å². The second kappa shape index (κ2) is 5.99. The third-order valence-electron chi connectivity index (χ3n) is 3.37. The molecule has 0 aromatic carbocycles. The van der Waals surface area contributed by atoms with Crippen molar-refractivity contribution in [3.63, 3.8) is 0 Å². The Kier molecular flexibility index (Phi) is 4.35. The van der Waals surface area contributed by atoms with Crippen LogP contribution in [0.5, 0.6) is 0 Å². The molecule has 2 heterocycles. The highest BCUT2D eigenvalue weighted by atomic mass is 16.5. The Hall–Kier alpha value is -1.65. The van der Waals surface area contributed by atoms with Gasteiger partial charge in [-0.2, -0.15) is 0 Å². The fourth-order valence-electron chi connectivity index (χ4n) is 2.36. The average Bonchev–Trinajstić information content (AvgIpc) is 2.88.